The van der Waals surface area contributed by atoms with E-state index >= 15 is 0 Å². The van der Waals surface area contributed by atoms with Gasteiger partial charge in [-0.2, -0.15) is 5.10 Å². The molecule has 0 saturated carbocycles. The number of carbonyl (C=O) groups is 1. The fourth-order valence-corrected chi connectivity index (χ4v) is 6.00. The summed E-state index contributed by atoms with van der Waals surface area (Å²) in [5.41, 5.74) is 3.17. The molecule has 5 rings (SSSR count). The van der Waals surface area contributed by atoms with Crippen LogP contribution in [0.15, 0.2) is 54.7 Å². The van der Waals surface area contributed by atoms with Gasteiger partial charge in [-0.3, -0.25) is 9.48 Å². The van der Waals surface area contributed by atoms with Gasteiger partial charge in [0.15, 0.2) is 10.9 Å². The minimum Gasteiger partial charge on any atom is -0.319 e. The zero-order valence-electron chi connectivity index (χ0n) is 16.5. The van der Waals surface area contributed by atoms with E-state index in [1.807, 2.05) is 11.8 Å². The van der Waals surface area contributed by atoms with Gasteiger partial charge in [-0.25, -0.2) is 9.29 Å². The van der Waals surface area contributed by atoms with Gasteiger partial charge in [0.1, 0.15) is 22.3 Å². The SMILES string of the molecule is Cc1ccc(C2SCC3C(=O)N(c4nn(Cc5ccc(F)cc5)cc4Cl)C(=S)N32)cc1. The van der Waals surface area contributed by atoms with E-state index in [2.05, 4.69) is 29.4 Å². The van der Waals surface area contributed by atoms with Crippen LogP contribution in [0.3, 0.4) is 0 Å². The fourth-order valence-electron chi connectivity index (χ4n) is 3.87. The molecule has 2 aromatic carbocycles. The Morgan fingerprint density at radius 1 is 1.19 bits per heavy atom. The number of halogens is 2. The van der Waals surface area contributed by atoms with Crippen LogP contribution >= 0.6 is 35.6 Å². The first-order valence-electron chi connectivity index (χ1n) is 9.74. The summed E-state index contributed by atoms with van der Waals surface area (Å²) in [6.45, 7) is 2.45. The number of hydrogen-bond donors (Lipinski definition) is 0. The third-order valence-electron chi connectivity index (χ3n) is 5.45. The van der Waals surface area contributed by atoms with Crippen molar-refractivity contribution in [1.82, 2.24) is 14.7 Å². The van der Waals surface area contributed by atoms with Crippen molar-refractivity contribution < 1.29 is 9.18 Å². The maximum Gasteiger partial charge on any atom is 0.258 e. The molecule has 0 aliphatic carbocycles. The van der Waals surface area contributed by atoms with Crippen LogP contribution in [0.4, 0.5) is 10.2 Å². The molecule has 5 nitrogen and oxygen atoms in total. The molecule has 3 heterocycles. The van der Waals surface area contributed by atoms with Crippen molar-refractivity contribution in [2.24, 2.45) is 0 Å². The Morgan fingerprint density at radius 2 is 1.90 bits per heavy atom. The number of rotatable bonds is 4. The van der Waals surface area contributed by atoms with E-state index in [9.17, 15) is 9.18 Å². The maximum atomic E-state index is 13.2. The van der Waals surface area contributed by atoms with Crippen molar-refractivity contribution in [3.05, 3.63) is 82.3 Å². The number of thiocarbonyl (C=S) groups is 1. The van der Waals surface area contributed by atoms with Crippen LogP contribution in [0.5, 0.6) is 0 Å². The monoisotopic (exact) mass is 472 g/mol. The smallest absolute Gasteiger partial charge is 0.258 e. The number of aryl methyl sites for hydroxylation is 1. The summed E-state index contributed by atoms with van der Waals surface area (Å²) >= 11 is 13.9. The highest BCUT2D eigenvalue weighted by Gasteiger charge is 2.51. The van der Waals surface area contributed by atoms with E-state index in [4.69, 9.17) is 23.8 Å². The van der Waals surface area contributed by atoms with E-state index in [1.54, 1.807) is 34.8 Å². The fraction of sp³-hybridized carbons (Fsp3) is 0.227. The molecule has 2 unspecified atom stereocenters. The number of anilines is 1. The molecule has 2 aliphatic heterocycles. The molecule has 31 heavy (non-hydrogen) atoms. The summed E-state index contributed by atoms with van der Waals surface area (Å²) in [4.78, 5) is 16.7. The van der Waals surface area contributed by atoms with Crippen LogP contribution in [0.25, 0.3) is 0 Å². The quantitative estimate of drug-likeness (QED) is 0.511. The average Bonchev–Trinajstić information content (AvgIpc) is 3.40. The Labute approximate surface area is 193 Å². The molecule has 0 bridgehead atoms. The molecule has 1 aromatic heterocycles. The highest BCUT2D eigenvalue weighted by atomic mass is 35.5. The van der Waals surface area contributed by atoms with Crippen molar-refractivity contribution in [2.45, 2.75) is 24.9 Å². The van der Waals surface area contributed by atoms with Crippen LogP contribution < -0.4 is 4.90 Å². The van der Waals surface area contributed by atoms with Gasteiger partial charge in [-0.05, 0) is 42.4 Å². The van der Waals surface area contributed by atoms with E-state index in [0.717, 1.165) is 11.1 Å². The van der Waals surface area contributed by atoms with Crippen molar-refractivity contribution in [3.8, 4) is 0 Å². The van der Waals surface area contributed by atoms with Crippen molar-refractivity contribution in [2.75, 3.05) is 10.7 Å². The second-order valence-corrected chi connectivity index (χ2v) is 9.49. The number of benzene rings is 2. The molecular weight excluding hydrogens is 455 g/mol. The van der Waals surface area contributed by atoms with Crippen LogP contribution in [-0.4, -0.2) is 37.5 Å². The van der Waals surface area contributed by atoms with Crippen molar-refractivity contribution >= 4 is 52.4 Å². The zero-order valence-corrected chi connectivity index (χ0v) is 18.9. The normalized spacial score (nSPS) is 20.6. The Kier molecular flexibility index (Phi) is 5.24. The molecule has 158 valence electrons. The minimum atomic E-state index is -0.331. The summed E-state index contributed by atoms with van der Waals surface area (Å²) in [6.07, 6.45) is 1.66. The number of fused-ring (bicyclic) bond motifs is 1. The summed E-state index contributed by atoms with van der Waals surface area (Å²) in [6, 6.07) is 14.1. The van der Waals surface area contributed by atoms with E-state index in [0.29, 0.717) is 28.3 Å². The van der Waals surface area contributed by atoms with Gasteiger partial charge < -0.3 is 4.90 Å². The lowest BCUT2D eigenvalue weighted by atomic mass is 10.1. The maximum absolute atomic E-state index is 13.2. The molecule has 2 fully saturated rings. The largest absolute Gasteiger partial charge is 0.319 e. The molecule has 0 N–H and O–H groups in total. The van der Waals surface area contributed by atoms with Gasteiger partial charge in [-0.15, -0.1) is 11.8 Å². The first kappa shape index (κ1) is 20.5. The lowest BCUT2D eigenvalue weighted by molar-refractivity contribution is -0.119. The topological polar surface area (TPSA) is 41.4 Å². The number of nitrogens with zero attached hydrogens (tertiary/aromatic N) is 4. The lowest BCUT2D eigenvalue weighted by Crippen LogP contribution is -2.34. The second-order valence-electron chi connectivity index (χ2n) is 7.60. The molecule has 0 radical (unpaired) electrons. The number of carbonyl (C=O) groups excluding carboxylic acids is 1. The Bertz CT molecular complexity index is 1170. The minimum absolute atomic E-state index is 0.0212. The van der Waals surface area contributed by atoms with Crippen LogP contribution in [0.2, 0.25) is 5.02 Å². The van der Waals surface area contributed by atoms with Crippen LogP contribution in [-0.2, 0) is 11.3 Å². The molecule has 9 heteroatoms. The first-order valence-corrected chi connectivity index (χ1v) is 11.6. The highest BCUT2D eigenvalue weighted by Crippen LogP contribution is 2.46. The Morgan fingerprint density at radius 3 is 2.61 bits per heavy atom. The van der Waals surface area contributed by atoms with Gasteiger partial charge in [0.25, 0.3) is 5.91 Å². The van der Waals surface area contributed by atoms with E-state index in [-0.39, 0.29) is 23.1 Å². The van der Waals surface area contributed by atoms with E-state index < -0.39 is 0 Å². The van der Waals surface area contributed by atoms with Gasteiger partial charge in [0.05, 0.1) is 6.54 Å². The standard InChI is InChI=1S/C22H18ClFN4OS2/c1-13-2-6-15(7-3-13)21-27-18(12-31-21)20(29)28(22(27)30)19-17(23)11-26(25-19)10-14-4-8-16(24)9-5-14/h2-9,11,18,21H,10,12H2,1H3. The van der Waals surface area contributed by atoms with Crippen molar-refractivity contribution in [1.29, 1.82) is 0 Å². The molecule has 0 spiro atoms. The predicted molar refractivity (Wildman–Crippen MR) is 125 cm³/mol. The van der Waals surface area contributed by atoms with Gasteiger partial charge in [0, 0.05) is 11.9 Å². The number of aromatic nitrogens is 2. The number of amides is 1. The summed E-state index contributed by atoms with van der Waals surface area (Å²) < 4.78 is 14.8. The third-order valence-corrected chi connectivity index (χ3v) is 7.43. The molecule has 2 saturated heterocycles. The number of hydrogen-bond acceptors (Lipinski definition) is 4. The third kappa shape index (κ3) is 3.62. The lowest BCUT2D eigenvalue weighted by Gasteiger charge is -2.25. The highest BCUT2D eigenvalue weighted by molar-refractivity contribution is 7.99. The molecule has 2 atom stereocenters. The molecule has 3 aromatic rings. The van der Waals surface area contributed by atoms with Crippen molar-refractivity contribution in [3.63, 3.8) is 0 Å². The predicted octanol–water partition coefficient (Wildman–Crippen LogP) is 4.78. The molecule has 2 aliphatic rings. The second kappa shape index (κ2) is 7.93. The molecular formula is C22H18ClFN4OS2. The van der Waals surface area contributed by atoms with Crippen LogP contribution in [0.1, 0.15) is 22.1 Å². The van der Waals surface area contributed by atoms with Crippen LogP contribution in [0, 0.1) is 12.7 Å². The summed E-state index contributed by atoms with van der Waals surface area (Å²) in [5, 5.41) is 5.26. The van der Waals surface area contributed by atoms with Gasteiger partial charge in [-0.1, -0.05) is 53.6 Å². The first-order chi connectivity index (χ1) is 14.9. The average molecular weight is 473 g/mol. The van der Waals surface area contributed by atoms with E-state index in [1.165, 1.54) is 22.6 Å². The summed E-state index contributed by atoms with van der Waals surface area (Å²) in [5.74, 6) is 0.585. The Balaban J connectivity index is 1.42. The van der Waals surface area contributed by atoms with Gasteiger partial charge in [0.2, 0.25) is 0 Å². The van der Waals surface area contributed by atoms with Gasteiger partial charge >= 0.3 is 0 Å². The zero-order chi connectivity index (χ0) is 21.7. The Hall–Kier alpha value is -2.42. The molecule has 1 amide bonds. The number of thioether (sulfide) groups is 1. The summed E-state index contributed by atoms with van der Waals surface area (Å²) in [7, 11) is 0.